The van der Waals surface area contributed by atoms with Crippen molar-refractivity contribution >= 4 is 12.4 Å². The molecule has 1 aliphatic carbocycles. The molecule has 2 unspecified atom stereocenters. The first-order chi connectivity index (χ1) is 11.7. The summed E-state index contributed by atoms with van der Waals surface area (Å²) in [7, 11) is 0. The molecule has 1 aliphatic rings. The lowest BCUT2D eigenvalue weighted by Crippen LogP contribution is -2.41. The van der Waals surface area contributed by atoms with Crippen LogP contribution in [0.5, 0.6) is 0 Å². The number of hydrogen-bond donors (Lipinski definition) is 3. The first-order valence-corrected chi connectivity index (χ1v) is 8.63. The highest BCUT2D eigenvalue weighted by Gasteiger charge is 2.20. The van der Waals surface area contributed by atoms with E-state index in [0.717, 1.165) is 44.9 Å². The molecule has 0 bridgehead atoms. The van der Waals surface area contributed by atoms with Crippen LogP contribution in [-0.4, -0.2) is 43.9 Å². The number of amides is 1. The molecule has 0 heterocycles. The minimum absolute atomic E-state index is 0.0645. The predicted octanol–water partition coefficient (Wildman–Crippen LogP) is 0.411. The van der Waals surface area contributed by atoms with E-state index in [1.165, 1.54) is 0 Å². The van der Waals surface area contributed by atoms with Crippen LogP contribution in [0.4, 0.5) is 0 Å². The van der Waals surface area contributed by atoms with Crippen molar-refractivity contribution in [2.24, 2.45) is 11.5 Å². The van der Waals surface area contributed by atoms with E-state index >= 15 is 0 Å². The fourth-order valence-electron chi connectivity index (χ4n) is 2.44. The van der Waals surface area contributed by atoms with Gasteiger partial charge in [-0.2, -0.15) is 0 Å². The molecule has 0 radical (unpaired) electrons. The molecule has 3 atom stereocenters. The van der Waals surface area contributed by atoms with Gasteiger partial charge in [-0.15, -0.1) is 5.92 Å². The van der Waals surface area contributed by atoms with Crippen LogP contribution in [0.25, 0.3) is 0 Å². The number of esters is 1. The van der Waals surface area contributed by atoms with Crippen LogP contribution in [0.15, 0.2) is 0 Å². The topological polar surface area (TPSA) is 117 Å². The van der Waals surface area contributed by atoms with Crippen LogP contribution in [0.1, 0.15) is 51.4 Å². The van der Waals surface area contributed by atoms with Crippen molar-refractivity contribution in [3.05, 3.63) is 0 Å². The SMILES string of the molecule is NCCCC[C@H](NC=O)C(=O)OCC(N)OC1C#CCCCCC1. The van der Waals surface area contributed by atoms with Crippen molar-refractivity contribution in [3.63, 3.8) is 0 Å². The molecule has 136 valence electrons. The van der Waals surface area contributed by atoms with Crippen LogP contribution < -0.4 is 16.8 Å². The summed E-state index contributed by atoms with van der Waals surface area (Å²) >= 11 is 0. The summed E-state index contributed by atoms with van der Waals surface area (Å²) in [6.45, 7) is 0.481. The minimum atomic E-state index is -0.728. The largest absolute Gasteiger partial charge is 0.460 e. The highest BCUT2D eigenvalue weighted by Crippen LogP contribution is 2.12. The third kappa shape index (κ3) is 8.87. The Balaban J connectivity index is 2.35. The number of nitrogens with two attached hydrogens (primary N) is 2. The summed E-state index contributed by atoms with van der Waals surface area (Å²) in [6.07, 6.45) is 6.59. The summed E-state index contributed by atoms with van der Waals surface area (Å²) < 4.78 is 10.8. The van der Waals surface area contributed by atoms with Crippen molar-refractivity contribution in [2.45, 2.75) is 69.7 Å². The lowest BCUT2D eigenvalue weighted by atomic mass is 10.1. The molecule has 1 amide bonds. The van der Waals surface area contributed by atoms with Crippen molar-refractivity contribution in [2.75, 3.05) is 13.2 Å². The second-order valence-electron chi connectivity index (χ2n) is 5.84. The van der Waals surface area contributed by atoms with Crippen LogP contribution in [0.3, 0.4) is 0 Å². The predicted molar refractivity (Wildman–Crippen MR) is 90.6 cm³/mol. The number of ether oxygens (including phenoxy) is 2. The number of hydrogen-bond acceptors (Lipinski definition) is 6. The average molecular weight is 339 g/mol. The zero-order valence-corrected chi connectivity index (χ0v) is 14.2. The Morgan fingerprint density at radius 2 is 2.17 bits per heavy atom. The Kier molecular flexibility index (Phi) is 10.9. The molecule has 0 aromatic heterocycles. The Bertz CT molecular complexity index is 433. The number of nitrogens with one attached hydrogen (secondary N) is 1. The number of carbonyl (C=O) groups is 2. The van der Waals surface area contributed by atoms with E-state index in [0.29, 0.717) is 19.4 Å². The molecule has 0 saturated carbocycles. The third-order valence-corrected chi connectivity index (χ3v) is 3.76. The number of rotatable bonds is 11. The van der Waals surface area contributed by atoms with Gasteiger partial charge in [-0.1, -0.05) is 12.3 Å². The Hall–Kier alpha value is -1.62. The van der Waals surface area contributed by atoms with E-state index in [2.05, 4.69) is 17.2 Å². The van der Waals surface area contributed by atoms with E-state index in [1.807, 2.05) is 0 Å². The monoisotopic (exact) mass is 339 g/mol. The minimum Gasteiger partial charge on any atom is -0.460 e. The fourth-order valence-corrected chi connectivity index (χ4v) is 2.44. The molecule has 0 aromatic carbocycles. The second-order valence-corrected chi connectivity index (χ2v) is 5.84. The molecule has 0 aromatic rings. The van der Waals surface area contributed by atoms with Gasteiger partial charge in [-0.25, -0.2) is 4.79 Å². The smallest absolute Gasteiger partial charge is 0.328 e. The van der Waals surface area contributed by atoms with E-state index in [1.54, 1.807) is 0 Å². The summed E-state index contributed by atoms with van der Waals surface area (Å²) in [5.41, 5.74) is 11.3. The van der Waals surface area contributed by atoms with Crippen LogP contribution in [-0.2, 0) is 19.1 Å². The van der Waals surface area contributed by atoms with Gasteiger partial charge in [-0.05, 0) is 45.1 Å². The zero-order chi connectivity index (χ0) is 17.6. The second kappa shape index (κ2) is 12.8. The first-order valence-electron chi connectivity index (χ1n) is 8.63. The Morgan fingerprint density at radius 3 is 2.92 bits per heavy atom. The molecule has 0 fully saturated rings. The van der Waals surface area contributed by atoms with Gasteiger partial charge in [0, 0.05) is 6.42 Å². The lowest BCUT2D eigenvalue weighted by molar-refractivity contribution is -0.152. The first kappa shape index (κ1) is 20.4. The maximum atomic E-state index is 12.0. The Morgan fingerprint density at radius 1 is 1.33 bits per heavy atom. The molecule has 0 spiro atoms. The van der Waals surface area contributed by atoms with Gasteiger partial charge in [0.15, 0.2) is 0 Å². The van der Waals surface area contributed by atoms with Crippen LogP contribution in [0, 0.1) is 11.8 Å². The maximum absolute atomic E-state index is 12.0. The number of carbonyl (C=O) groups excluding carboxylic acids is 2. The van der Waals surface area contributed by atoms with E-state index in [4.69, 9.17) is 20.9 Å². The van der Waals surface area contributed by atoms with Gasteiger partial charge in [0.1, 0.15) is 25.0 Å². The quantitative estimate of drug-likeness (QED) is 0.165. The van der Waals surface area contributed by atoms with Gasteiger partial charge in [-0.3, -0.25) is 4.79 Å². The normalized spacial score (nSPS) is 19.8. The van der Waals surface area contributed by atoms with Gasteiger partial charge >= 0.3 is 5.97 Å². The van der Waals surface area contributed by atoms with Gasteiger partial charge in [0.05, 0.1) is 0 Å². The highest BCUT2D eigenvalue weighted by atomic mass is 16.6. The lowest BCUT2D eigenvalue weighted by Gasteiger charge is -2.20. The molecule has 7 heteroatoms. The maximum Gasteiger partial charge on any atom is 0.328 e. The highest BCUT2D eigenvalue weighted by molar-refractivity contribution is 5.78. The molecule has 0 saturated heterocycles. The number of unbranched alkanes of at least 4 members (excludes halogenated alkanes) is 1. The van der Waals surface area contributed by atoms with Crippen molar-refractivity contribution in [3.8, 4) is 11.8 Å². The summed E-state index contributed by atoms with van der Waals surface area (Å²) in [6, 6.07) is -0.678. The summed E-state index contributed by atoms with van der Waals surface area (Å²) in [5, 5.41) is 2.46. The molecule has 24 heavy (non-hydrogen) atoms. The fraction of sp³-hybridized carbons (Fsp3) is 0.765. The van der Waals surface area contributed by atoms with E-state index < -0.39 is 18.2 Å². The average Bonchev–Trinajstić information content (AvgIpc) is 2.54. The van der Waals surface area contributed by atoms with Gasteiger partial charge in [0.25, 0.3) is 0 Å². The molecule has 0 aliphatic heterocycles. The standard InChI is InChI=1S/C17H29N3O4/c18-11-7-6-10-15(20-13-21)17(22)23-12-16(19)24-14-8-4-2-1-3-5-9-14/h13-16H,1-4,6-8,10-12,18-19H2,(H,20,21)/t14?,15-,16?/m0/s1. The molecule has 7 nitrogen and oxygen atoms in total. The third-order valence-electron chi connectivity index (χ3n) is 3.76. The van der Waals surface area contributed by atoms with E-state index in [-0.39, 0.29) is 12.7 Å². The van der Waals surface area contributed by atoms with Crippen molar-refractivity contribution < 1.29 is 19.1 Å². The van der Waals surface area contributed by atoms with Gasteiger partial charge < -0.3 is 26.3 Å². The Labute approximate surface area is 143 Å². The summed E-state index contributed by atoms with van der Waals surface area (Å²) in [4.78, 5) is 22.6. The molecular weight excluding hydrogens is 310 g/mol. The molecular formula is C17H29N3O4. The van der Waals surface area contributed by atoms with Gasteiger partial charge in [0.2, 0.25) is 6.41 Å². The molecule has 5 N–H and O–H groups in total. The van der Waals surface area contributed by atoms with Crippen LogP contribution in [0.2, 0.25) is 0 Å². The zero-order valence-electron chi connectivity index (χ0n) is 14.2. The molecule has 1 rings (SSSR count). The van der Waals surface area contributed by atoms with Crippen molar-refractivity contribution in [1.82, 2.24) is 5.32 Å². The van der Waals surface area contributed by atoms with Crippen LogP contribution >= 0.6 is 0 Å². The van der Waals surface area contributed by atoms with Crippen molar-refractivity contribution in [1.29, 1.82) is 0 Å². The van der Waals surface area contributed by atoms with E-state index in [9.17, 15) is 9.59 Å². The summed E-state index contributed by atoms with van der Waals surface area (Å²) in [5.74, 6) is 5.62.